The van der Waals surface area contributed by atoms with Gasteiger partial charge in [0.25, 0.3) is 0 Å². The summed E-state index contributed by atoms with van der Waals surface area (Å²) in [5.74, 6) is 0. The van der Waals surface area contributed by atoms with Gasteiger partial charge in [-0.25, -0.2) is 0 Å². The van der Waals surface area contributed by atoms with Crippen LogP contribution in [0, 0.1) is 0 Å². The standard InChI is InChI=1S/C4H13NOS/c1-5(2)7(3,4)6/h7H,1-4H3. The minimum absolute atomic E-state index is 1.74. The van der Waals surface area contributed by atoms with Crippen LogP contribution in [-0.4, -0.2) is 35.1 Å². The van der Waals surface area contributed by atoms with E-state index in [9.17, 15) is 4.21 Å². The molecule has 0 spiro atoms. The number of rotatable bonds is 1. The molecule has 0 unspecified atom stereocenters. The molecule has 0 heterocycles. The third-order valence-corrected chi connectivity index (χ3v) is 2.89. The topological polar surface area (TPSA) is 20.3 Å². The fourth-order valence-corrected chi connectivity index (χ4v) is 0. The van der Waals surface area contributed by atoms with Crippen molar-refractivity contribution in [3.8, 4) is 0 Å². The molecule has 7 heavy (non-hydrogen) atoms. The normalized spacial score (nSPS) is 15.0. The molecule has 0 aromatic carbocycles. The van der Waals surface area contributed by atoms with Gasteiger partial charge in [0.05, 0.1) is 0 Å². The quantitative estimate of drug-likeness (QED) is 0.476. The highest BCUT2D eigenvalue weighted by Crippen LogP contribution is 1.93. The Kier molecular flexibility index (Phi) is 1.95. The number of hydrogen-bond acceptors (Lipinski definition) is 1. The molecule has 0 rings (SSSR count). The van der Waals surface area contributed by atoms with Gasteiger partial charge in [-0.1, -0.05) is 10.1 Å². The van der Waals surface area contributed by atoms with Gasteiger partial charge in [-0.05, 0) is 14.1 Å². The van der Waals surface area contributed by atoms with Crippen molar-refractivity contribution >= 4 is 10.1 Å². The van der Waals surface area contributed by atoms with E-state index in [0.717, 1.165) is 0 Å². The zero-order valence-electron chi connectivity index (χ0n) is 5.30. The van der Waals surface area contributed by atoms with Crippen LogP contribution >= 0.6 is 0 Å². The van der Waals surface area contributed by atoms with Crippen molar-refractivity contribution in [3.05, 3.63) is 0 Å². The summed E-state index contributed by atoms with van der Waals surface area (Å²) in [5.41, 5.74) is 0. The van der Waals surface area contributed by atoms with Gasteiger partial charge in [-0.3, -0.25) is 8.51 Å². The van der Waals surface area contributed by atoms with Gasteiger partial charge >= 0.3 is 0 Å². The van der Waals surface area contributed by atoms with Crippen LogP contribution in [0.15, 0.2) is 0 Å². The van der Waals surface area contributed by atoms with E-state index in [1.807, 2.05) is 14.1 Å². The van der Waals surface area contributed by atoms with Crippen LogP contribution in [0.3, 0.4) is 0 Å². The van der Waals surface area contributed by atoms with Crippen molar-refractivity contribution in [2.45, 2.75) is 0 Å². The average molecular weight is 123 g/mol. The summed E-state index contributed by atoms with van der Waals surface area (Å²) in [4.78, 5) is 0. The first kappa shape index (κ1) is 7.11. The fraction of sp³-hybridized carbons (Fsp3) is 1.00. The van der Waals surface area contributed by atoms with Gasteiger partial charge in [0, 0.05) is 12.5 Å². The summed E-state index contributed by atoms with van der Waals surface area (Å²) in [6, 6.07) is 0. The van der Waals surface area contributed by atoms with E-state index in [2.05, 4.69) is 0 Å². The lowest BCUT2D eigenvalue weighted by molar-refractivity contribution is 0.594. The minimum atomic E-state index is -1.90. The van der Waals surface area contributed by atoms with E-state index in [1.54, 1.807) is 16.8 Å². The molecule has 3 heteroatoms. The SMILES string of the molecule is CN(C)[SH](C)(C)=O. The second-order valence-electron chi connectivity index (χ2n) is 2.14. The lowest BCUT2D eigenvalue weighted by Crippen LogP contribution is -2.26. The van der Waals surface area contributed by atoms with Crippen molar-refractivity contribution in [1.29, 1.82) is 0 Å². The van der Waals surface area contributed by atoms with Gasteiger partial charge in [-0.2, -0.15) is 0 Å². The van der Waals surface area contributed by atoms with Crippen LogP contribution in [0.1, 0.15) is 0 Å². The molecular formula is C4H13NOS. The molecule has 2 nitrogen and oxygen atoms in total. The van der Waals surface area contributed by atoms with Gasteiger partial charge in [0.2, 0.25) is 0 Å². The third kappa shape index (κ3) is 2.76. The Labute approximate surface area is 46.1 Å². The second kappa shape index (κ2) is 1.92. The van der Waals surface area contributed by atoms with Gasteiger partial charge in [0.1, 0.15) is 0 Å². The van der Waals surface area contributed by atoms with Gasteiger partial charge in [0.15, 0.2) is 0 Å². The first-order valence-electron chi connectivity index (χ1n) is 2.17. The summed E-state index contributed by atoms with van der Waals surface area (Å²) < 4.78 is 12.6. The highest BCUT2D eigenvalue weighted by Gasteiger charge is 1.99. The Hall–Kier alpha value is 0.110. The lowest BCUT2D eigenvalue weighted by Gasteiger charge is -2.20. The molecule has 0 fully saturated rings. The Morgan fingerprint density at radius 3 is 1.43 bits per heavy atom. The Morgan fingerprint density at radius 1 is 1.29 bits per heavy atom. The van der Waals surface area contributed by atoms with Crippen molar-refractivity contribution < 1.29 is 4.21 Å². The molecule has 0 N–H and O–H groups in total. The highest BCUT2D eigenvalue weighted by molar-refractivity contribution is 7.99. The minimum Gasteiger partial charge on any atom is -0.272 e. The second-order valence-corrected chi connectivity index (χ2v) is 5.53. The van der Waals surface area contributed by atoms with Crippen LogP contribution in [-0.2, 0) is 10.1 Å². The molecule has 0 radical (unpaired) electrons. The predicted molar refractivity (Wildman–Crippen MR) is 35.1 cm³/mol. The molecule has 0 atom stereocenters. The average Bonchev–Trinajstić information content (AvgIpc) is 1.31. The maximum atomic E-state index is 10.8. The van der Waals surface area contributed by atoms with E-state index in [-0.39, 0.29) is 0 Å². The highest BCUT2D eigenvalue weighted by atomic mass is 32.3. The summed E-state index contributed by atoms with van der Waals surface area (Å²) in [6.07, 6.45) is 3.49. The molecule has 0 saturated heterocycles. The summed E-state index contributed by atoms with van der Waals surface area (Å²) in [6.45, 7) is 0. The molecule has 0 aliphatic carbocycles. The fourth-order valence-electron chi connectivity index (χ4n) is 0. The zero-order chi connectivity index (χ0) is 6.08. The molecular weight excluding hydrogens is 110 g/mol. The van der Waals surface area contributed by atoms with Crippen molar-refractivity contribution in [3.63, 3.8) is 0 Å². The van der Waals surface area contributed by atoms with E-state index in [1.165, 1.54) is 0 Å². The maximum Gasteiger partial charge on any atom is 0.00118 e. The van der Waals surface area contributed by atoms with E-state index < -0.39 is 10.1 Å². The molecule has 0 bridgehead atoms. The Morgan fingerprint density at radius 2 is 1.43 bits per heavy atom. The maximum absolute atomic E-state index is 10.8. The molecule has 0 aliphatic rings. The Balaban J connectivity index is 3.80. The van der Waals surface area contributed by atoms with E-state index >= 15 is 0 Å². The zero-order valence-corrected chi connectivity index (χ0v) is 6.20. The smallest absolute Gasteiger partial charge is 0.00118 e. The number of thiol groups is 1. The molecule has 0 aliphatic heterocycles. The van der Waals surface area contributed by atoms with Crippen LogP contribution in [0.5, 0.6) is 0 Å². The largest absolute Gasteiger partial charge is 0.272 e. The first-order chi connectivity index (χ1) is 2.94. The van der Waals surface area contributed by atoms with Crippen LogP contribution in [0.25, 0.3) is 0 Å². The Bertz CT molecular complexity index is 93.9. The van der Waals surface area contributed by atoms with Crippen LogP contribution in [0.2, 0.25) is 0 Å². The molecule has 0 saturated carbocycles. The number of hydrogen-bond donors (Lipinski definition) is 1. The molecule has 0 amide bonds. The summed E-state index contributed by atoms with van der Waals surface area (Å²) in [5, 5.41) is 0. The monoisotopic (exact) mass is 123 g/mol. The van der Waals surface area contributed by atoms with Crippen molar-refractivity contribution in [1.82, 2.24) is 4.31 Å². The van der Waals surface area contributed by atoms with Crippen molar-refractivity contribution in [2.24, 2.45) is 0 Å². The third-order valence-electron chi connectivity index (χ3n) is 0.963. The lowest BCUT2D eigenvalue weighted by atomic mass is 11.3. The first-order valence-corrected chi connectivity index (χ1v) is 4.73. The van der Waals surface area contributed by atoms with Gasteiger partial charge < -0.3 is 0 Å². The van der Waals surface area contributed by atoms with E-state index in [0.29, 0.717) is 0 Å². The van der Waals surface area contributed by atoms with Crippen LogP contribution < -0.4 is 0 Å². The number of nitrogens with zero attached hydrogens (tertiary/aromatic N) is 1. The summed E-state index contributed by atoms with van der Waals surface area (Å²) in [7, 11) is 1.74. The van der Waals surface area contributed by atoms with E-state index in [4.69, 9.17) is 0 Å². The van der Waals surface area contributed by atoms with Gasteiger partial charge in [-0.15, -0.1) is 0 Å². The molecule has 0 aromatic rings. The molecule has 0 aromatic heterocycles. The molecule has 46 valence electrons. The van der Waals surface area contributed by atoms with Crippen LogP contribution in [0.4, 0.5) is 0 Å². The predicted octanol–water partition coefficient (Wildman–Crippen LogP) is -0.261. The summed E-state index contributed by atoms with van der Waals surface area (Å²) >= 11 is 0. The van der Waals surface area contributed by atoms with Crippen molar-refractivity contribution in [2.75, 3.05) is 26.6 Å².